The van der Waals surface area contributed by atoms with E-state index in [2.05, 4.69) is 25.6 Å². The number of tetrazole rings is 1. The maximum absolute atomic E-state index is 12.4. The van der Waals surface area contributed by atoms with E-state index in [9.17, 15) is 4.79 Å². The number of ether oxygens (including phenoxy) is 3. The summed E-state index contributed by atoms with van der Waals surface area (Å²) < 4.78 is 16.4. The first-order valence-corrected chi connectivity index (χ1v) is 10.1. The molecule has 1 aromatic heterocycles. The van der Waals surface area contributed by atoms with E-state index in [4.69, 9.17) is 14.2 Å². The van der Waals surface area contributed by atoms with E-state index in [1.165, 1.54) is 4.80 Å². The monoisotopic (exact) mass is 422 g/mol. The van der Waals surface area contributed by atoms with E-state index in [0.717, 1.165) is 37.6 Å². The molecule has 31 heavy (non-hydrogen) atoms. The third-order valence-electron chi connectivity index (χ3n) is 5.07. The molecule has 0 atom stereocenters. The lowest BCUT2D eigenvalue weighted by molar-refractivity contribution is -0.117. The van der Waals surface area contributed by atoms with E-state index in [-0.39, 0.29) is 12.5 Å². The SMILES string of the molecule is O=C(Cn1nnc(-c2ccc(N3CCOCC3)cc2)n1)Nc1ccc2c(c1)OCCO2. The van der Waals surface area contributed by atoms with Gasteiger partial charge in [0.25, 0.3) is 0 Å². The molecule has 1 amide bonds. The van der Waals surface area contributed by atoms with E-state index >= 15 is 0 Å². The van der Waals surface area contributed by atoms with Gasteiger partial charge in [-0.1, -0.05) is 0 Å². The first-order chi connectivity index (χ1) is 15.2. The van der Waals surface area contributed by atoms with Gasteiger partial charge in [-0.05, 0) is 41.6 Å². The lowest BCUT2D eigenvalue weighted by Gasteiger charge is -2.28. The van der Waals surface area contributed by atoms with Gasteiger partial charge in [0.15, 0.2) is 11.5 Å². The second kappa shape index (κ2) is 8.60. The Labute approximate surface area is 178 Å². The molecule has 10 nitrogen and oxygen atoms in total. The van der Waals surface area contributed by atoms with Crippen LogP contribution in [0.15, 0.2) is 42.5 Å². The highest BCUT2D eigenvalue weighted by atomic mass is 16.6. The number of hydrogen-bond acceptors (Lipinski definition) is 8. The predicted octanol–water partition coefficient (Wildman–Crippen LogP) is 1.59. The molecule has 0 unspecified atom stereocenters. The van der Waals surface area contributed by atoms with Crippen molar-refractivity contribution < 1.29 is 19.0 Å². The molecule has 3 heterocycles. The summed E-state index contributed by atoms with van der Waals surface area (Å²) in [5.41, 5.74) is 2.60. The van der Waals surface area contributed by atoms with Crippen LogP contribution in [0.5, 0.6) is 11.5 Å². The molecule has 2 aliphatic heterocycles. The Bertz CT molecular complexity index is 1060. The zero-order valence-electron chi connectivity index (χ0n) is 16.9. The normalized spacial score (nSPS) is 15.5. The topological polar surface area (TPSA) is 104 Å². The maximum atomic E-state index is 12.4. The van der Waals surface area contributed by atoms with Crippen LogP contribution in [0, 0.1) is 0 Å². The quantitative estimate of drug-likeness (QED) is 0.661. The van der Waals surface area contributed by atoms with Gasteiger partial charge in [-0.25, -0.2) is 0 Å². The number of amides is 1. The smallest absolute Gasteiger partial charge is 0.248 e. The van der Waals surface area contributed by atoms with Crippen molar-refractivity contribution in [3.05, 3.63) is 42.5 Å². The molecule has 0 aliphatic carbocycles. The van der Waals surface area contributed by atoms with Gasteiger partial charge in [0.2, 0.25) is 11.7 Å². The average molecular weight is 422 g/mol. The van der Waals surface area contributed by atoms with Gasteiger partial charge in [0.05, 0.1) is 13.2 Å². The Balaban J connectivity index is 1.21. The fourth-order valence-electron chi connectivity index (χ4n) is 3.52. The van der Waals surface area contributed by atoms with Crippen LogP contribution >= 0.6 is 0 Å². The number of nitrogens with one attached hydrogen (secondary N) is 1. The van der Waals surface area contributed by atoms with Gasteiger partial charge < -0.3 is 24.4 Å². The third kappa shape index (κ3) is 4.43. The number of fused-ring (bicyclic) bond motifs is 1. The third-order valence-corrected chi connectivity index (χ3v) is 5.07. The Kier molecular flexibility index (Phi) is 5.36. The number of rotatable bonds is 5. The molecule has 2 aliphatic rings. The van der Waals surface area contributed by atoms with Crippen LogP contribution in [0.2, 0.25) is 0 Å². The van der Waals surface area contributed by atoms with Crippen molar-refractivity contribution in [3.63, 3.8) is 0 Å². The van der Waals surface area contributed by atoms with Crippen LogP contribution < -0.4 is 19.7 Å². The number of nitrogens with zero attached hydrogens (tertiary/aromatic N) is 5. The van der Waals surface area contributed by atoms with Gasteiger partial charge in [0, 0.05) is 36.1 Å². The van der Waals surface area contributed by atoms with E-state index in [1.807, 2.05) is 24.3 Å². The van der Waals surface area contributed by atoms with Crippen LogP contribution in [-0.4, -0.2) is 65.6 Å². The first-order valence-electron chi connectivity index (χ1n) is 10.1. The zero-order chi connectivity index (χ0) is 21.0. The van der Waals surface area contributed by atoms with Crippen molar-refractivity contribution in [2.75, 3.05) is 49.7 Å². The largest absolute Gasteiger partial charge is 0.486 e. The van der Waals surface area contributed by atoms with Gasteiger partial charge >= 0.3 is 0 Å². The lowest BCUT2D eigenvalue weighted by atomic mass is 10.2. The van der Waals surface area contributed by atoms with Crippen molar-refractivity contribution in [3.8, 4) is 22.9 Å². The van der Waals surface area contributed by atoms with Crippen molar-refractivity contribution in [1.29, 1.82) is 0 Å². The highest BCUT2D eigenvalue weighted by molar-refractivity contribution is 5.90. The van der Waals surface area contributed by atoms with Crippen molar-refractivity contribution in [1.82, 2.24) is 20.2 Å². The van der Waals surface area contributed by atoms with E-state index in [0.29, 0.717) is 36.2 Å². The molecule has 3 aromatic rings. The summed E-state index contributed by atoms with van der Waals surface area (Å²) in [6, 6.07) is 13.3. The van der Waals surface area contributed by atoms with Gasteiger partial charge in [-0.2, -0.15) is 4.80 Å². The highest BCUT2D eigenvalue weighted by Gasteiger charge is 2.15. The van der Waals surface area contributed by atoms with Crippen LogP contribution in [0.25, 0.3) is 11.4 Å². The summed E-state index contributed by atoms with van der Waals surface area (Å²) >= 11 is 0. The summed E-state index contributed by atoms with van der Waals surface area (Å²) in [6.07, 6.45) is 0. The van der Waals surface area contributed by atoms with Gasteiger partial charge in [0.1, 0.15) is 19.8 Å². The molecule has 10 heteroatoms. The molecular formula is C21H22N6O4. The maximum Gasteiger partial charge on any atom is 0.248 e. The number of morpholine rings is 1. The summed E-state index contributed by atoms with van der Waals surface area (Å²) in [4.78, 5) is 15.9. The van der Waals surface area contributed by atoms with Crippen LogP contribution in [-0.2, 0) is 16.1 Å². The fraction of sp³-hybridized carbons (Fsp3) is 0.333. The van der Waals surface area contributed by atoms with E-state index in [1.54, 1.807) is 18.2 Å². The molecule has 2 aromatic carbocycles. The molecule has 5 rings (SSSR count). The lowest BCUT2D eigenvalue weighted by Crippen LogP contribution is -2.36. The second-order valence-electron chi connectivity index (χ2n) is 7.20. The number of hydrogen-bond donors (Lipinski definition) is 1. The Morgan fingerprint density at radius 1 is 0.968 bits per heavy atom. The Morgan fingerprint density at radius 2 is 1.74 bits per heavy atom. The Hall–Kier alpha value is -3.66. The number of benzene rings is 2. The van der Waals surface area contributed by atoms with Gasteiger partial charge in [-0.3, -0.25) is 4.79 Å². The molecule has 0 radical (unpaired) electrons. The van der Waals surface area contributed by atoms with Gasteiger partial charge in [-0.15, -0.1) is 10.2 Å². The number of carbonyl (C=O) groups excluding carboxylic acids is 1. The molecule has 0 spiro atoms. The van der Waals surface area contributed by atoms with E-state index < -0.39 is 0 Å². The first kappa shape index (κ1) is 19.3. The number of aromatic nitrogens is 4. The molecule has 1 saturated heterocycles. The second-order valence-corrected chi connectivity index (χ2v) is 7.20. The summed E-state index contributed by atoms with van der Waals surface area (Å²) in [6.45, 7) is 4.21. The van der Waals surface area contributed by atoms with Crippen molar-refractivity contribution in [2.24, 2.45) is 0 Å². The molecule has 1 N–H and O–H groups in total. The van der Waals surface area contributed by atoms with Crippen LogP contribution in [0.1, 0.15) is 0 Å². The average Bonchev–Trinajstić information content (AvgIpc) is 3.28. The van der Waals surface area contributed by atoms with Crippen LogP contribution in [0.3, 0.4) is 0 Å². The molecule has 0 saturated carbocycles. The number of anilines is 2. The summed E-state index contributed by atoms with van der Waals surface area (Å²) in [7, 11) is 0. The molecular weight excluding hydrogens is 400 g/mol. The highest BCUT2D eigenvalue weighted by Crippen LogP contribution is 2.32. The predicted molar refractivity (Wildman–Crippen MR) is 112 cm³/mol. The van der Waals surface area contributed by atoms with Crippen molar-refractivity contribution in [2.45, 2.75) is 6.54 Å². The summed E-state index contributed by atoms with van der Waals surface area (Å²) in [5, 5.41) is 15.2. The van der Waals surface area contributed by atoms with Crippen molar-refractivity contribution >= 4 is 17.3 Å². The number of carbonyl (C=O) groups is 1. The fourth-order valence-corrected chi connectivity index (χ4v) is 3.52. The minimum absolute atomic E-state index is 0.0483. The molecule has 160 valence electrons. The Morgan fingerprint density at radius 3 is 2.55 bits per heavy atom. The van der Waals surface area contributed by atoms with Crippen LogP contribution in [0.4, 0.5) is 11.4 Å². The standard InChI is InChI=1S/C21H22N6O4/c28-20(22-16-3-6-18-19(13-16)31-12-11-30-18)14-27-24-21(23-25-27)15-1-4-17(5-2-15)26-7-9-29-10-8-26/h1-6,13H,7-12,14H2,(H,22,28). The summed E-state index contributed by atoms with van der Waals surface area (Å²) in [5.74, 6) is 1.50. The minimum Gasteiger partial charge on any atom is -0.486 e. The zero-order valence-corrected chi connectivity index (χ0v) is 16.9. The minimum atomic E-state index is -0.261. The molecule has 0 bridgehead atoms. The molecule has 1 fully saturated rings.